The van der Waals surface area contributed by atoms with Crippen LogP contribution in [0.15, 0.2) is 22.7 Å². The standard InChI is InChI=1S/C9H9BrN4O/c1-15-7-3-2-5(4-6(7)10)8-12-9(11)14-13-8/h2-4H,1H3,(H3,11,12,13,14). The molecule has 2 aromatic rings. The van der Waals surface area contributed by atoms with Crippen molar-refractivity contribution in [3.63, 3.8) is 0 Å². The summed E-state index contributed by atoms with van der Waals surface area (Å²) in [6.07, 6.45) is 0. The Balaban J connectivity index is 2.42. The van der Waals surface area contributed by atoms with Crippen LogP contribution in [0.1, 0.15) is 0 Å². The third kappa shape index (κ3) is 1.94. The van der Waals surface area contributed by atoms with Gasteiger partial charge in [-0.05, 0) is 34.1 Å². The number of aromatic amines is 1. The monoisotopic (exact) mass is 268 g/mol. The van der Waals surface area contributed by atoms with E-state index in [1.54, 1.807) is 7.11 Å². The number of hydrogen-bond donors (Lipinski definition) is 2. The van der Waals surface area contributed by atoms with Crippen molar-refractivity contribution >= 4 is 21.9 Å². The summed E-state index contributed by atoms with van der Waals surface area (Å²) in [6.45, 7) is 0. The van der Waals surface area contributed by atoms with Crippen molar-refractivity contribution in [2.24, 2.45) is 0 Å². The van der Waals surface area contributed by atoms with Gasteiger partial charge in [0.2, 0.25) is 5.95 Å². The predicted molar refractivity (Wildman–Crippen MR) is 60.5 cm³/mol. The third-order valence-corrected chi connectivity index (χ3v) is 2.55. The van der Waals surface area contributed by atoms with Gasteiger partial charge < -0.3 is 10.5 Å². The lowest BCUT2D eigenvalue weighted by atomic mass is 10.2. The molecule has 1 aromatic heterocycles. The predicted octanol–water partition coefficient (Wildman–Crippen LogP) is 1.82. The Hall–Kier alpha value is -1.56. The molecule has 0 saturated heterocycles. The lowest BCUT2D eigenvalue weighted by molar-refractivity contribution is 0.412. The molecule has 0 spiro atoms. The molecule has 0 amide bonds. The Kier molecular flexibility index (Phi) is 2.59. The lowest BCUT2D eigenvalue weighted by Gasteiger charge is -2.03. The number of H-pyrrole nitrogens is 1. The molecule has 0 fully saturated rings. The first-order valence-corrected chi connectivity index (χ1v) is 5.02. The van der Waals surface area contributed by atoms with Crippen molar-refractivity contribution in [1.82, 2.24) is 15.2 Å². The number of methoxy groups -OCH3 is 1. The van der Waals surface area contributed by atoms with E-state index in [1.807, 2.05) is 18.2 Å². The number of hydrogen-bond acceptors (Lipinski definition) is 4. The highest BCUT2D eigenvalue weighted by atomic mass is 79.9. The molecule has 0 aliphatic rings. The van der Waals surface area contributed by atoms with Crippen molar-refractivity contribution in [1.29, 1.82) is 0 Å². The van der Waals surface area contributed by atoms with Crippen molar-refractivity contribution in [2.75, 3.05) is 12.8 Å². The van der Waals surface area contributed by atoms with Crippen LogP contribution < -0.4 is 10.5 Å². The highest BCUT2D eigenvalue weighted by molar-refractivity contribution is 9.10. The lowest BCUT2D eigenvalue weighted by Crippen LogP contribution is -1.87. The number of anilines is 1. The summed E-state index contributed by atoms with van der Waals surface area (Å²) in [6, 6.07) is 5.61. The summed E-state index contributed by atoms with van der Waals surface area (Å²) in [5.41, 5.74) is 6.32. The van der Waals surface area contributed by atoms with E-state index in [0.717, 1.165) is 15.8 Å². The van der Waals surface area contributed by atoms with Gasteiger partial charge in [-0.2, -0.15) is 4.98 Å². The van der Waals surface area contributed by atoms with Gasteiger partial charge in [-0.15, -0.1) is 5.10 Å². The summed E-state index contributed by atoms with van der Waals surface area (Å²) in [5.74, 6) is 1.64. The van der Waals surface area contributed by atoms with Gasteiger partial charge >= 0.3 is 0 Å². The maximum atomic E-state index is 5.42. The van der Waals surface area contributed by atoms with Crippen LogP contribution in [0.3, 0.4) is 0 Å². The molecule has 6 heteroatoms. The average Bonchev–Trinajstić information content (AvgIpc) is 2.65. The smallest absolute Gasteiger partial charge is 0.239 e. The molecule has 0 aliphatic carbocycles. The molecule has 0 saturated carbocycles. The number of ether oxygens (including phenoxy) is 1. The third-order valence-electron chi connectivity index (χ3n) is 1.93. The van der Waals surface area contributed by atoms with Crippen molar-refractivity contribution in [3.8, 4) is 17.1 Å². The molecule has 3 N–H and O–H groups in total. The van der Waals surface area contributed by atoms with Crippen LogP contribution in [0.4, 0.5) is 5.95 Å². The zero-order valence-electron chi connectivity index (χ0n) is 7.99. The van der Waals surface area contributed by atoms with Crippen LogP contribution in [0.2, 0.25) is 0 Å². The zero-order valence-corrected chi connectivity index (χ0v) is 9.58. The van der Waals surface area contributed by atoms with Crippen LogP contribution in [0.25, 0.3) is 11.4 Å². The van der Waals surface area contributed by atoms with Crippen molar-refractivity contribution in [2.45, 2.75) is 0 Å². The van der Waals surface area contributed by atoms with E-state index in [2.05, 4.69) is 31.1 Å². The van der Waals surface area contributed by atoms with E-state index < -0.39 is 0 Å². The van der Waals surface area contributed by atoms with Crippen LogP contribution in [0.5, 0.6) is 5.75 Å². The molecule has 0 aliphatic heterocycles. The number of nitrogens with zero attached hydrogens (tertiary/aromatic N) is 2. The van der Waals surface area contributed by atoms with Gasteiger partial charge in [-0.25, -0.2) is 0 Å². The van der Waals surface area contributed by atoms with Crippen LogP contribution in [-0.4, -0.2) is 22.3 Å². The Morgan fingerprint density at radius 1 is 1.47 bits per heavy atom. The highest BCUT2D eigenvalue weighted by Gasteiger charge is 2.06. The first kappa shape index (κ1) is 9.97. The number of aromatic nitrogens is 3. The molecule has 78 valence electrons. The van der Waals surface area contributed by atoms with Gasteiger partial charge in [0.15, 0.2) is 5.82 Å². The fourth-order valence-corrected chi connectivity index (χ4v) is 1.76. The first-order chi connectivity index (χ1) is 7.20. The van der Waals surface area contributed by atoms with Crippen molar-refractivity contribution in [3.05, 3.63) is 22.7 Å². The molecule has 0 atom stereocenters. The van der Waals surface area contributed by atoms with Gasteiger partial charge in [0.1, 0.15) is 5.75 Å². The van der Waals surface area contributed by atoms with Crippen LogP contribution in [-0.2, 0) is 0 Å². The van der Waals surface area contributed by atoms with E-state index >= 15 is 0 Å². The minimum Gasteiger partial charge on any atom is -0.496 e. The summed E-state index contributed by atoms with van der Waals surface area (Å²) in [7, 11) is 1.62. The maximum Gasteiger partial charge on any atom is 0.239 e. The molecule has 5 nitrogen and oxygen atoms in total. The average molecular weight is 269 g/mol. The number of halogens is 1. The Labute approximate surface area is 94.8 Å². The second-order valence-electron chi connectivity index (χ2n) is 2.89. The molecular weight excluding hydrogens is 260 g/mol. The second-order valence-corrected chi connectivity index (χ2v) is 3.75. The van der Waals surface area contributed by atoms with Crippen LogP contribution >= 0.6 is 15.9 Å². The number of benzene rings is 1. The molecule has 1 aromatic carbocycles. The fourth-order valence-electron chi connectivity index (χ4n) is 1.22. The van der Waals surface area contributed by atoms with Crippen molar-refractivity contribution < 1.29 is 4.74 Å². The number of nitrogens with two attached hydrogens (primary N) is 1. The Morgan fingerprint density at radius 2 is 2.27 bits per heavy atom. The van der Waals surface area contributed by atoms with Gasteiger partial charge in [0, 0.05) is 5.56 Å². The number of nitrogens with one attached hydrogen (secondary N) is 1. The largest absolute Gasteiger partial charge is 0.496 e. The maximum absolute atomic E-state index is 5.42. The second kappa shape index (κ2) is 3.90. The molecule has 0 radical (unpaired) electrons. The van der Waals surface area contributed by atoms with Gasteiger partial charge in [0.05, 0.1) is 11.6 Å². The minimum atomic E-state index is 0.233. The molecule has 0 bridgehead atoms. The Bertz CT molecular complexity index is 483. The SMILES string of the molecule is COc1ccc(-c2nc(N)n[nH]2)cc1Br. The molecule has 1 heterocycles. The van der Waals surface area contributed by atoms with Gasteiger partial charge in [-0.1, -0.05) is 0 Å². The molecular formula is C9H9BrN4O. The molecule has 15 heavy (non-hydrogen) atoms. The van der Waals surface area contributed by atoms with E-state index in [4.69, 9.17) is 10.5 Å². The van der Waals surface area contributed by atoms with Gasteiger partial charge in [0.25, 0.3) is 0 Å². The number of nitrogen functional groups attached to an aromatic ring is 1. The van der Waals surface area contributed by atoms with Gasteiger partial charge in [-0.3, -0.25) is 5.10 Å². The fraction of sp³-hybridized carbons (Fsp3) is 0.111. The first-order valence-electron chi connectivity index (χ1n) is 4.22. The summed E-state index contributed by atoms with van der Waals surface area (Å²) < 4.78 is 5.98. The molecule has 0 unspecified atom stereocenters. The van der Waals surface area contributed by atoms with E-state index in [-0.39, 0.29) is 5.95 Å². The molecule has 2 rings (SSSR count). The normalized spacial score (nSPS) is 10.3. The summed E-state index contributed by atoms with van der Waals surface area (Å²) >= 11 is 3.39. The highest BCUT2D eigenvalue weighted by Crippen LogP contribution is 2.29. The Morgan fingerprint density at radius 3 is 2.80 bits per heavy atom. The van der Waals surface area contributed by atoms with E-state index in [1.165, 1.54) is 0 Å². The summed E-state index contributed by atoms with van der Waals surface area (Å²) in [5, 5.41) is 6.50. The summed E-state index contributed by atoms with van der Waals surface area (Å²) in [4.78, 5) is 4.03. The zero-order chi connectivity index (χ0) is 10.8. The quantitative estimate of drug-likeness (QED) is 0.871. The van der Waals surface area contributed by atoms with Crippen LogP contribution in [0, 0.1) is 0 Å². The van der Waals surface area contributed by atoms with E-state index in [0.29, 0.717) is 5.82 Å². The minimum absolute atomic E-state index is 0.233. The number of rotatable bonds is 2. The topological polar surface area (TPSA) is 76.8 Å². The van der Waals surface area contributed by atoms with E-state index in [9.17, 15) is 0 Å².